The molecule has 0 radical (unpaired) electrons. The molecule has 0 heterocycles. The molecule has 0 amide bonds. The van der Waals surface area contributed by atoms with Gasteiger partial charge < -0.3 is 15.2 Å². The highest BCUT2D eigenvalue weighted by molar-refractivity contribution is 6.33. The lowest BCUT2D eigenvalue weighted by Crippen LogP contribution is -2.12. The summed E-state index contributed by atoms with van der Waals surface area (Å²) < 4.78 is 18.2. The smallest absolute Gasteiger partial charge is 0.147 e. The highest BCUT2D eigenvalue weighted by Crippen LogP contribution is 2.23. The molecule has 0 spiro atoms. The molecule has 0 atom stereocenters. The van der Waals surface area contributed by atoms with E-state index in [1.165, 1.54) is 6.07 Å². The molecule has 0 aliphatic heterocycles. The summed E-state index contributed by atoms with van der Waals surface area (Å²) in [5.74, 6) is -0.385. The van der Waals surface area contributed by atoms with Crippen LogP contribution in [0.2, 0.25) is 5.02 Å². The standard InChI is InChI=1S/C10H13ClFNO2/c11-8-2-1-3-9(12)10(8)13-4-6-15-7-5-14/h1-3,13-14H,4-7H2. The van der Waals surface area contributed by atoms with Gasteiger partial charge in [0.05, 0.1) is 30.5 Å². The summed E-state index contributed by atoms with van der Waals surface area (Å²) in [6.07, 6.45) is 0. The molecule has 0 fully saturated rings. The first kappa shape index (κ1) is 12.2. The quantitative estimate of drug-likeness (QED) is 0.738. The average Bonchev–Trinajstić information content (AvgIpc) is 2.21. The first-order valence-corrected chi connectivity index (χ1v) is 5.00. The summed E-state index contributed by atoms with van der Waals surface area (Å²) in [7, 11) is 0. The van der Waals surface area contributed by atoms with Crippen LogP contribution in [-0.4, -0.2) is 31.5 Å². The minimum absolute atomic E-state index is 0.0134. The Hall–Kier alpha value is -0.840. The van der Waals surface area contributed by atoms with Crippen molar-refractivity contribution in [2.24, 2.45) is 0 Å². The normalized spacial score (nSPS) is 10.3. The first-order valence-electron chi connectivity index (χ1n) is 4.62. The van der Waals surface area contributed by atoms with E-state index >= 15 is 0 Å². The molecule has 0 unspecified atom stereocenters. The number of ether oxygens (including phenoxy) is 1. The van der Waals surface area contributed by atoms with Gasteiger partial charge in [-0.1, -0.05) is 17.7 Å². The first-order chi connectivity index (χ1) is 7.25. The number of rotatable bonds is 6. The van der Waals surface area contributed by atoms with Gasteiger partial charge in [0.1, 0.15) is 5.82 Å². The molecule has 0 aliphatic carbocycles. The highest BCUT2D eigenvalue weighted by atomic mass is 35.5. The van der Waals surface area contributed by atoms with Crippen LogP contribution in [0.4, 0.5) is 10.1 Å². The summed E-state index contributed by atoms with van der Waals surface area (Å²) in [6, 6.07) is 4.50. The van der Waals surface area contributed by atoms with Gasteiger partial charge in [0.25, 0.3) is 0 Å². The molecular weight excluding hydrogens is 221 g/mol. The van der Waals surface area contributed by atoms with E-state index < -0.39 is 0 Å². The third-order valence-electron chi connectivity index (χ3n) is 1.75. The number of halogens is 2. The lowest BCUT2D eigenvalue weighted by molar-refractivity contribution is 0.0992. The molecule has 1 aromatic rings. The number of hydrogen-bond donors (Lipinski definition) is 2. The molecule has 5 heteroatoms. The zero-order valence-corrected chi connectivity index (χ0v) is 8.93. The van der Waals surface area contributed by atoms with Crippen molar-refractivity contribution in [2.45, 2.75) is 0 Å². The van der Waals surface area contributed by atoms with Gasteiger partial charge in [-0.2, -0.15) is 0 Å². The van der Waals surface area contributed by atoms with Crippen molar-refractivity contribution in [3.8, 4) is 0 Å². The molecule has 1 aromatic carbocycles. The molecule has 2 N–H and O–H groups in total. The molecule has 0 saturated carbocycles. The van der Waals surface area contributed by atoms with Crippen LogP contribution in [0.15, 0.2) is 18.2 Å². The second-order valence-corrected chi connectivity index (χ2v) is 3.27. The summed E-state index contributed by atoms with van der Waals surface area (Å²) >= 11 is 5.79. The van der Waals surface area contributed by atoms with E-state index in [-0.39, 0.29) is 24.7 Å². The number of anilines is 1. The van der Waals surface area contributed by atoms with Crippen molar-refractivity contribution in [2.75, 3.05) is 31.7 Å². The summed E-state index contributed by atoms with van der Waals surface area (Å²) in [6.45, 7) is 1.11. The van der Waals surface area contributed by atoms with Crippen LogP contribution in [0.25, 0.3) is 0 Å². The van der Waals surface area contributed by atoms with Gasteiger partial charge in [-0.3, -0.25) is 0 Å². The third-order valence-corrected chi connectivity index (χ3v) is 2.06. The van der Waals surface area contributed by atoms with Crippen molar-refractivity contribution in [1.29, 1.82) is 0 Å². The second kappa shape index (κ2) is 6.61. The van der Waals surface area contributed by atoms with E-state index in [0.717, 1.165) is 0 Å². The van der Waals surface area contributed by atoms with Crippen molar-refractivity contribution >= 4 is 17.3 Å². The largest absolute Gasteiger partial charge is 0.394 e. The average molecular weight is 234 g/mol. The Labute approximate surface area is 92.8 Å². The minimum Gasteiger partial charge on any atom is -0.394 e. The molecule has 0 aromatic heterocycles. The number of para-hydroxylation sites is 1. The van der Waals surface area contributed by atoms with Crippen LogP contribution in [0.1, 0.15) is 0 Å². The maximum atomic E-state index is 13.2. The Balaban J connectivity index is 2.37. The van der Waals surface area contributed by atoms with Crippen molar-refractivity contribution < 1.29 is 14.2 Å². The fraction of sp³-hybridized carbons (Fsp3) is 0.400. The fourth-order valence-corrected chi connectivity index (χ4v) is 1.31. The van der Waals surface area contributed by atoms with Crippen LogP contribution in [0, 0.1) is 5.82 Å². The zero-order chi connectivity index (χ0) is 11.1. The van der Waals surface area contributed by atoms with Crippen molar-refractivity contribution in [3.63, 3.8) is 0 Å². The Bertz CT molecular complexity index is 289. The van der Waals surface area contributed by atoms with Gasteiger partial charge in [0.15, 0.2) is 0 Å². The Morgan fingerprint density at radius 3 is 2.87 bits per heavy atom. The Morgan fingerprint density at radius 1 is 1.40 bits per heavy atom. The Morgan fingerprint density at radius 2 is 2.20 bits per heavy atom. The van der Waals surface area contributed by atoms with E-state index in [1.807, 2.05) is 0 Å². The van der Waals surface area contributed by atoms with Gasteiger partial charge in [-0.05, 0) is 12.1 Å². The number of aliphatic hydroxyl groups excluding tert-OH is 1. The van der Waals surface area contributed by atoms with Crippen LogP contribution in [0.5, 0.6) is 0 Å². The summed E-state index contributed by atoms with van der Waals surface area (Å²) in [5.41, 5.74) is 0.284. The molecule has 0 aliphatic rings. The molecule has 0 bridgehead atoms. The van der Waals surface area contributed by atoms with Gasteiger partial charge in [0.2, 0.25) is 0 Å². The van der Waals surface area contributed by atoms with E-state index in [9.17, 15) is 4.39 Å². The summed E-state index contributed by atoms with van der Waals surface area (Å²) in [4.78, 5) is 0. The second-order valence-electron chi connectivity index (χ2n) is 2.86. The van der Waals surface area contributed by atoms with Gasteiger partial charge >= 0.3 is 0 Å². The predicted octanol–water partition coefficient (Wildman–Crippen LogP) is 1.90. The topological polar surface area (TPSA) is 41.5 Å². The van der Waals surface area contributed by atoms with Gasteiger partial charge in [-0.15, -0.1) is 0 Å². The van der Waals surface area contributed by atoms with Crippen LogP contribution in [-0.2, 0) is 4.74 Å². The molecule has 0 saturated heterocycles. The van der Waals surface area contributed by atoms with E-state index in [0.29, 0.717) is 18.2 Å². The van der Waals surface area contributed by atoms with Crippen molar-refractivity contribution in [1.82, 2.24) is 0 Å². The van der Waals surface area contributed by atoms with Crippen molar-refractivity contribution in [3.05, 3.63) is 29.0 Å². The lowest BCUT2D eigenvalue weighted by atomic mass is 10.3. The Kier molecular flexibility index (Phi) is 5.39. The number of aliphatic hydroxyl groups is 1. The fourth-order valence-electron chi connectivity index (χ4n) is 1.08. The molecule has 15 heavy (non-hydrogen) atoms. The molecule has 1 rings (SSSR count). The van der Waals surface area contributed by atoms with E-state index in [4.69, 9.17) is 21.4 Å². The predicted molar refractivity (Wildman–Crippen MR) is 57.8 cm³/mol. The zero-order valence-electron chi connectivity index (χ0n) is 8.17. The monoisotopic (exact) mass is 233 g/mol. The highest BCUT2D eigenvalue weighted by Gasteiger charge is 2.04. The van der Waals surface area contributed by atoms with Gasteiger partial charge in [0, 0.05) is 6.54 Å². The van der Waals surface area contributed by atoms with Crippen LogP contribution in [0.3, 0.4) is 0 Å². The number of benzene rings is 1. The number of nitrogens with one attached hydrogen (secondary N) is 1. The molecule has 84 valence electrons. The van der Waals surface area contributed by atoms with Crippen LogP contribution >= 0.6 is 11.6 Å². The van der Waals surface area contributed by atoms with E-state index in [1.54, 1.807) is 12.1 Å². The molecule has 3 nitrogen and oxygen atoms in total. The van der Waals surface area contributed by atoms with Gasteiger partial charge in [-0.25, -0.2) is 4.39 Å². The van der Waals surface area contributed by atoms with E-state index in [2.05, 4.69) is 5.32 Å². The maximum Gasteiger partial charge on any atom is 0.147 e. The lowest BCUT2D eigenvalue weighted by Gasteiger charge is -2.09. The molecular formula is C10H13ClFNO2. The number of hydrogen-bond acceptors (Lipinski definition) is 3. The maximum absolute atomic E-state index is 13.2. The van der Waals surface area contributed by atoms with Crippen LogP contribution < -0.4 is 5.32 Å². The summed E-state index contributed by atoms with van der Waals surface area (Å²) in [5, 5.41) is 11.6. The third kappa shape index (κ3) is 4.03. The SMILES string of the molecule is OCCOCCNc1c(F)cccc1Cl. The minimum atomic E-state index is -0.385.